The van der Waals surface area contributed by atoms with E-state index in [2.05, 4.69) is 21.0 Å². The van der Waals surface area contributed by atoms with Crippen LogP contribution >= 0.6 is 15.9 Å². The average molecular weight is 309 g/mol. The molecule has 5 nitrogen and oxygen atoms in total. The maximum Gasteiger partial charge on any atom is 0.281 e. The lowest BCUT2D eigenvalue weighted by Crippen LogP contribution is -2.23. The number of nitrogens with one attached hydrogen (secondary N) is 1. The van der Waals surface area contributed by atoms with Gasteiger partial charge in [0.05, 0.1) is 23.2 Å². The first-order valence-corrected chi connectivity index (χ1v) is 7.75. The minimum atomic E-state index is -2.97. The Morgan fingerprint density at radius 1 is 1.56 bits per heavy atom. The molecule has 1 saturated heterocycles. The largest absolute Gasteiger partial charge is 0.298 e. The van der Waals surface area contributed by atoms with Crippen LogP contribution in [0.5, 0.6) is 0 Å². The van der Waals surface area contributed by atoms with Crippen LogP contribution in [0.1, 0.15) is 25.1 Å². The number of hydrogen-bond acceptors (Lipinski definition) is 3. The highest BCUT2D eigenvalue weighted by molar-refractivity contribution is 9.10. The molecule has 0 aromatic carbocycles. The molecule has 1 aliphatic heterocycles. The molecule has 1 unspecified atom stereocenters. The molecule has 1 fully saturated rings. The van der Waals surface area contributed by atoms with Crippen LogP contribution in [0.2, 0.25) is 0 Å². The lowest BCUT2D eigenvalue weighted by molar-refractivity contribution is 0.482. The summed E-state index contributed by atoms with van der Waals surface area (Å²) in [7, 11) is -2.97. The highest BCUT2D eigenvalue weighted by atomic mass is 79.9. The summed E-state index contributed by atoms with van der Waals surface area (Å²) in [6.07, 6.45) is 1.22. The molecule has 7 heteroatoms. The molecule has 0 spiro atoms. The third-order valence-electron chi connectivity index (χ3n) is 2.85. The molecule has 0 bridgehead atoms. The smallest absolute Gasteiger partial charge is 0.281 e. The number of halogens is 1. The highest BCUT2D eigenvalue weighted by Crippen LogP contribution is 2.23. The summed E-state index contributed by atoms with van der Waals surface area (Å²) in [5, 5.41) is 2.97. The second-order valence-electron chi connectivity index (χ2n) is 3.99. The zero-order valence-corrected chi connectivity index (χ0v) is 11.3. The summed E-state index contributed by atoms with van der Waals surface area (Å²) in [4.78, 5) is 11.8. The van der Waals surface area contributed by atoms with Crippen molar-refractivity contribution in [2.24, 2.45) is 0 Å². The van der Waals surface area contributed by atoms with Crippen molar-refractivity contribution in [1.29, 1.82) is 0 Å². The monoisotopic (exact) mass is 308 g/mol. The summed E-state index contributed by atoms with van der Waals surface area (Å²) in [6, 6.07) is -0.242. The molecule has 1 N–H and O–H groups in total. The fourth-order valence-corrected chi connectivity index (χ4v) is 4.21. The molecular formula is C9H13BrN2O3S. The van der Waals surface area contributed by atoms with Gasteiger partial charge in [0.2, 0.25) is 0 Å². The number of H-pyrrole nitrogens is 1. The Labute approximate surface area is 102 Å². The molecule has 0 saturated carbocycles. The van der Waals surface area contributed by atoms with E-state index in [9.17, 15) is 13.2 Å². The van der Waals surface area contributed by atoms with Gasteiger partial charge >= 0.3 is 0 Å². The number of aromatic nitrogens is 2. The van der Waals surface area contributed by atoms with Gasteiger partial charge in [-0.1, -0.05) is 6.92 Å². The van der Waals surface area contributed by atoms with Gasteiger partial charge in [-0.2, -0.15) is 0 Å². The quantitative estimate of drug-likeness (QED) is 0.881. The van der Waals surface area contributed by atoms with Crippen LogP contribution in [-0.4, -0.2) is 29.7 Å². The molecule has 2 rings (SSSR count). The minimum absolute atomic E-state index is 0.0585. The third kappa shape index (κ3) is 1.98. The molecule has 1 aromatic heterocycles. The van der Waals surface area contributed by atoms with Crippen molar-refractivity contribution in [2.75, 3.05) is 11.5 Å². The molecular weight excluding hydrogens is 296 g/mol. The van der Waals surface area contributed by atoms with Crippen LogP contribution in [0.15, 0.2) is 9.27 Å². The second-order valence-corrected chi connectivity index (χ2v) is 7.01. The fraction of sp³-hybridized carbons (Fsp3) is 0.667. The van der Waals surface area contributed by atoms with Crippen LogP contribution in [0, 0.1) is 0 Å². The van der Waals surface area contributed by atoms with Gasteiger partial charge in [-0.15, -0.1) is 0 Å². The Bertz CT molecular complexity index is 558. The predicted octanol–water partition coefficient (Wildman–Crippen LogP) is 0.861. The first-order chi connectivity index (χ1) is 7.44. The van der Waals surface area contributed by atoms with Gasteiger partial charge in [0.1, 0.15) is 4.47 Å². The average Bonchev–Trinajstić information content (AvgIpc) is 2.70. The maximum absolute atomic E-state index is 11.8. The van der Waals surface area contributed by atoms with Crippen molar-refractivity contribution < 1.29 is 8.42 Å². The van der Waals surface area contributed by atoms with Crippen molar-refractivity contribution in [1.82, 2.24) is 9.78 Å². The van der Waals surface area contributed by atoms with Crippen LogP contribution in [-0.2, 0) is 16.3 Å². The molecule has 0 amide bonds. The van der Waals surface area contributed by atoms with Crippen molar-refractivity contribution in [3.8, 4) is 0 Å². The summed E-state index contributed by atoms with van der Waals surface area (Å²) in [5.41, 5.74) is 0.647. The number of hydrogen-bond donors (Lipinski definition) is 1. The Hall–Kier alpha value is -0.560. The maximum atomic E-state index is 11.8. The fourth-order valence-electron chi connectivity index (χ4n) is 1.95. The molecule has 90 valence electrons. The van der Waals surface area contributed by atoms with Crippen LogP contribution in [0.25, 0.3) is 0 Å². The van der Waals surface area contributed by atoms with Gasteiger partial charge in [0, 0.05) is 0 Å². The van der Waals surface area contributed by atoms with E-state index in [0.717, 1.165) is 5.69 Å². The van der Waals surface area contributed by atoms with E-state index in [1.54, 1.807) is 0 Å². The highest BCUT2D eigenvalue weighted by Gasteiger charge is 2.31. The van der Waals surface area contributed by atoms with E-state index in [-0.39, 0.29) is 23.1 Å². The molecule has 2 heterocycles. The number of aryl methyl sites for hydroxylation is 1. The lowest BCUT2D eigenvalue weighted by Gasteiger charge is -2.07. The van der Waals surface area contributed by atoms with Gasteiger partial charge in [0.15, 0.2) is 9.84 Å². The summed E-state index contributed by atoms with van der Waals surface area (Å²) in [5.74, 6) is 0.227. The summed E-state index contributed by atoms with van der Waals surface area (Å²) in [6.45, 7) is 1.94. The first-order valence-electron chi connectivity index (χ1n) is 5.14. The van der Waals surface area contributed by atoms with Crippen LogP contribution in [0.3, 0.4) is 0 Å². The lowest BCUT2D eigenvalue weighted by atomic mass is 10.3. The van der Waals surface area contributed by atoms with E-state index in [1.807, 2.05) is 6.92 Å². The number of nitrogens with zero attached hydrogens (tertiary/aromatic N) is 1. The van der Waals surface area contributed by atoms with E-state index in [1.165, 1.54) is 4.68 Å². The topological polar surface area (TPSA) is 71.9 Å². The number of rotatable bonds is 2. The standard InChI is InChI=1S/C9H13BrN2O3S/c1-2-7-8(10)9(13)12(11-7)6-3-4-16(14,15)5-6/h6,11H,2-5H2,1H3. The molecule has 16 heavy (non-hydrogen) atoms. The van der Waals surface area contributed by atoms with Gasteiger partial charge in [-0.3, -0.25) is 9.89 Å². The van der Waals surface area contributed by atoms with Crippen LogP contribution < -0.4 is 5.56 Å². The first kappa shape index (κ1) is 11.9. The predicted molar refractivity (Wildman–Crippen MR) is 64.4 cm³/mol. The van der Waals surface area contributed by atoms with Gasteiger partial charge in [-0.05, 0) is 28.8 Å². The van der Waals surface area contributed by atoms with E-state index in [4.69, 9.17) is 0 Å². The zero-order valence-electron chi connectivity index (χ0n) is 8.86. The Morgan fingerprint density at radius 3 is 2.69 bits per heavy atom. The number of sulfone groups is 1. The minimum Gasteiger partial charge on any atom is -0.298 e. The van der Waals surface area contributed by atoms with Gasteiger partial charge in [0.25, 0.3) is 5.56 Å². The van der Waals surface area contributed by atoms with Crippen LogP contribution in [0.4, 0.5) is 0 Å². The van der Waals surface area contributed by atoms with Crippen molar-refractivity contribution in [3.63, 3.8) is 0 Å². The summed E-state index contributed by atoms with van der Waals surface area (Å²) < 4.78 is 24.6. The third-order valence-corrected chi connectivity index (χ3v) is 5.42. The molecule has 0 radical (unpaired) electrons. The van der Waals surface area contributed by atoms with Crippen molar-refractivity contribution in [2.45, 2.75) is 25.8 Å². The van der Waals surface area contributed by atoms with E-state index < -0.39 is 9.84 Å². The zero-order chi connectivity index (χ0) is 11.9. The number of aromatic amines is 1. The SMILES string of the molecule is CCc1[nH]n(C2CCS(=O)(=O)C2)c(=O)c1Br. The molecule has 1 atom stereocenters. The van der Waals surface area contributed by atoms with Gasteiger partial charge < -0.3 is 0 Å². The van der Waals surface area contributed by atoms with Crippen molar-refractivity contribution in [3.05, 3.63) is 20.5 Å². The Morgan fingerprint density at radius 2 is 2.25 bits per heavy atom. The summed E-state index contributed by atoms with van der Waals surface area (Å²) >= 11 is 3.22. The van der Waals surface area contributed by atoms with Gasteiger partial charge in [-0.25, -0.2) is 13.1 Å². The molecule has 0 aliphatic carbocycles. The Balaban J connectivity index is 2.39. The second kappa shape index (κ2) is 4.03. The molecule has 1 aliphatic rings. The Kier molecular flexibility index (Phi) is 3.00. The molecule has 1 aromatic rings. The van der Waals surface area contributed by atoms with E-state index >= 15 is 0 Å². The van der Waals surface area contributed by atoms with E-state index in [0.29, 0.717) is 17.3 Å². The normalized spacial score (nSPS) is 23.8. The van der Waals surface area contributed by atoms with Crippen molar-refractivity contribution >= 4 is 25.8 Å².